The lowest BCUT2D eigenvalue weighted by atomic mass is 10.0. The number of hydrogen-bond donors (Lipinski definition) is 0. The van der Waals surface area contributed by atoms with Gasteiger partial charge in [0.15, 0.2) is 5.79 Å². The Balaban J connectivity index is 1.60. The number of aromatic nitrogens is 3. The molecule has 138 valence electrons. The van der Waals surface area contributed by atoms with E-state index >= 15 is 0 Å². The number of benzene rings is 1. The Morgan fingerprint density at radius 1 is 1.15 bits per heavy atom. The van der Waals surface area contributed by atoms with E-state index in [1.807, 2.05) is 37.3 Å². The van der Waals surface area contributed by atoms with Gasteiger partial charge in [0.25, 0.3) is 5.56 Å². The minimum Gasteiger partial charge on any atom is -0.347 e. The molecule has 4 heterocycles. The fraction of sp³-hybridized carbons (Fsp3) is 0.381. The maximum atomic E-state index is 13.1. The molecule has 0 radical (unpaired) electrons. The number of pyridine rings is 1. The molecule has 1 fully saturated rings. The van der Waals surface area contributed by atoms with E-state index in [2.05, 4.69) is 4.98 Å². The Morgan fingerprint density at radius 3 is 2.81 bits per heavy atom. The molecule has 3 aromatic rings. The number of aryl methyl sites for hydroxylation is 2. The van der Waals surface area contributed by atoms with Crippen molar-refractivity contribution in [3.05, 3.63) is 58.4 Å². The normalized spacial score (nSPS) is 18.6. The highest BCUT2D eigenvalue weighted by Crippen LogP contribution is 2.32. The molecule has 2 aromatic heterocycles. The molecule has 6 heteroatoms. The summed E-state index contributed by atoms with van der Waals surface area (Å²) in [5, 5.41) is 0.647. The van der Waals surface area contributed by atoms with E-state index in [-0.39, 0.29) is 5.56 Å². The maximum absolute atomic E-state index is 13.1. The predicted molar refractivity (Wildman–Crippen MR) is 102 cm³/mol. The third-order valence-corrected chi connectivity index (χ3v) is 5.61. The van der Waals surface area contributed by atoms with Crippen molar-refractivity contribution in [1.82, 2.24) is 14.5 Å². The smallest absolute Gasteiger partial charge is 0.261 e. The highest BCUT2D eigenvalue weighted by molar-refractivity contribution is 5.84. The lowest BCUT2D eigenvalue weighted by molar-refractivity contribution is -0.165. The van der Waals surface area contributed by atoms with Gasteiger partial charge in [-0.2, -0.15) is 0 Å². The first-order valence-electron chi connectivity index (χ1n) is 9.39. The Labute approximate surface area is 156 Å². The maximum Gasteiger partial charge on any atom is 0.261 e. The SMILES string of the molecule is Cc1ncccc1-c1ccc2c(=O)n3c(nc2c1)CCC1(CC3)OCCO1. The quantitative estimate of drug-likeness (QED) is 0.665. The summed E-state index contributed by atoms with van der Waals surface area (Å²) >= 11 is 0. The zero-order valence-corrected chi connectivity index (χ0v) is 15.3. The van der Waals surface area contributed by atoms with Gasteiger partial charge in [0.1, 0.15) is 5.82 Å². The summed E-state index contributed by atoms with van der Waals surface area (Å²) in [5.74, 6) is 0.258. The van der Waals surface area contributed by atoms with Crippen molar-refractivity contribution in [3.63, 3.8) is 0 Å². The zero-order chi connectivity index (χ0) is 18.4. The molecule has 0 bridgehead atoms. The minimum atomic E-state index is -0.551. The minimum absolute atomic E-state index is 0.0134. The number of ether oxygens (including phenoxy) is 2. The third kappa shape index (κ3) is 2.76. The molecule has 5 rings (SSSR count). The van der Waals surface area contributed by atoms with Gasteiger partial charge < -0.3 is 9.47 Å². The van der Waals surface area contributed by atoms with Gasteiger partial charge in [-0.05, 0) is 30.7 Å². The largest absolute Gasteiger partial charge is 0.347 e. The van der Waals surface area contributed by atoms with Crippen molar-refractivity contribution in [2.75, 3.05) is 13.2 Å². The molecule has 27 heavy (non-hydrogen) atoms. The molecule has 0 N–H and O–H groups in total. The molecule has 1 aromatic carbocycles. The van der Waals surface area contributed by atoms with Crippen LogP contribution in [0.1, 0.15) is 24.4 Å². The molecule has 1 spiro atoms. The average molecular weight is 363 g/mol. The Bertz CT molecular complexity index is 1080. The van der Waals surface area contributed by atoms with Crippen LogP contribution >= 0.6 is 0 Å². The van der Waals surface area contributed by atoms with Gasteiger partial charge in [0.05, 0.1) is 24.1 Å². The lowest BCUT2D eigenvalue weighted by Crippen LogP contribution is -2.31. The second-order valence-electron chi connectivity index (χ2n) is 7.21. The summed E-state index contributed by atoms with van der Waals surface area (Å²) in [7, 11) is 0. The fourth-order valence-electron chi connectivity index (χ4n) is 4.14. The van der Waals surface area contributed by atoms with Gasteiger partial charge >= 0.3 is 0 Å². The van der Waals surface area contributed by atoms with Gasteiger partial charge in [0.2, 0.25) is 0 Å². The average Bonchev–Trinajstić information content (AvgIpc) is 3.07. The van der Waals surface area contributed by atoms with E-state index in [0.29, 0.717) is 38.0 Å². The van der Waals surface area contributed by atoms with Crippen LogP contribution in [0.3, 0.4) is 0 Å². The van der Waals surface area contributed by atoms with Crippen LogP contribution in [0.15, 0.2) is 41.3 Å². The Morgan fingerprint density at radius 2 is 2.00 bits per heavy atom. The number of rotatable bonds is 1. The van der Waals surface area contributed by atoms with E-state index in [0.717, 1.165) is 34.6 Å². The summed E-state index contributed by atoms with van der Waals surface area (Å²) in [6, 6.07) is 9.81. The van der Waals surface area contributed by atoms with Gasteiger partial charge in [-0.25, -0.2) is 4.98 Å². The molecule has 0 saturated carbocycles. The third-order valence-electron chi connectivity index (χ3n) is 5.61. The van der Waals surface area contributed by atoms with Crippen LogP contribution in [0.25, 0.3) is 22.0 Å². The first kappa shape index (κ1) is 16.6. The molecule has 1 saturated heterocycles. The van der Waals surface area contributed by atoms with E-state index in [1.54, 1.807) is 10.8 Å². The molecule has 0 amide bonds. The van der Waals surface area contributed by atoms with Crippen LogP contribution in [0.2, 0.25) is 0 Å². The monoisotopic (exact) mass is 363 g/mol. The van der Waals surface area contributed by atoms with Crippen molar-refractivity contribution in [2.45, 2.75) is 38.5 Å². The van der Waals surface area contributed by atoms with Crippen molar-refractivity contribution in [3.8, 4) is 11.1 Å². The fourth-order valence-corrected chi connectivity index (χ4v) is 4.14. The lowest BCUT2D eigenvalue weighted by Gasteiger charge is -2.24. The first-order valence-corrected chi connectivity index (χ1v) is 9.39. The highest BCUT2D eigenvalue weighted by atomic mass is 16.7. The van der Waals surface area contributed by atoms with Crippen molar-refractivity contribution < 1.29 is 9.47 Å². The Hall–Kier alpha value is -2.57. The van der Waals surface area contributed by atoms with Crippen molar-refractivity contribution in [1.29, 1.82) is 0 Å². The van der Waals surface area contributed by atoms with Crippen LogP contribution < -0.4 is 5.56 Å². The molecule has 2 aliphatic heterocycles. The molecular formula is C21H21N3O3. The van der Waals surface area contributed by atoms with Crippen LogP contribution in [0, 0.1) is 6.92 Å². The second kappa shape index (κ2) is 6.25. The van der Waals surface area contributed by atoms with Gasteiger partial charge in [-0.3, -0.25) is 14.3 Å². The molecule has 2 aliphatic rings. The topological polar surface area (TPSA) is 66.2 Å². The number of fused-ring (bicyclic) bond motifs is 2. The molecule has 0 aliphatic carbocycles. The van der Waals surface area contributed by atoms with Gasteiger partial charge in [-0.1, -0.05) is 12.1 Å². The summed E-state index contributed by atoms with van der Waals surface area (Å²) in [5.41, 5.74) is 3.79. The summed E-state index contributed by atoms with van der Waals surface area (Å²) in [6.45, 7) is 3.80. The van der Waals surface area contributed by atoms with E-state index < -0.39 is 5.79 Å². The van der Waals surface area contributed by atoms with E-state index in [4.69, 9.17) is 14.5 Å². The predicted octanol–water partition coefficient (Wildman–Crippen LogP) is 2.85. The standard InChI is InChI=1S/C21H21N3O3/c1-14-16(3-2-9-22-14)15-4-5-17-18(13-15)23-19-6-7-21(26-11-12-27-21)8-10-24(19)20(17)25/h2-5,9,13H,6-8,10-12H2,1H3. The van der Waals surface area contributed by atoms with Gasteiger partial charge in [0, 0.05) is 43.3 Å². The zero-order valence-electron chi connectivity index (χ0n) is 15.3. The molecule has 6 nitrogen and oxygen atoms in total. The molecule has 0 atom stereocenters. The van der Waals surface area contributed by atoms with Crippen molar-refractivity contribution >= 4 is 10.9 Å². The second-order valence-corrected chi connectivity index (χ2v) is 7.21. The Kier molecular flexibility index (Phi) is 3.84. The number of hydrogen-bond acceptors (Lipinski definition) is 5. The van der Waals surface area contributed by atoms with Gasteiger partial charge in [-0.15, -0.1) is 0 Å². The summed E-state index contributed by atoms with van der Waals surface area (Å²) in [4.78, 5) is 22.3. The first-order chi connectivity index (χ1) is 13.2. The van der Waals surface area contributed by atoms with E-state index in [9.17, 15) is 4.79 Å². The van der Waals surface area contributed by atoms with Crippen LogP contribution in [-0.2, 0) is 22.4 Å². The molecule has 0 unspecified atom stereocenters. The van der Waals surface area contributed by atoms with Crippen molar-refractivity contribution in [2.24, 2.45) is 0 Å². The number of nitrogens with zero attached hydrogens (tertiary/aromatic N) is 3. The molecular weight excluding hydrogens is 342 g/mol. The highest BCUT2D eigenvalue weighted by Gasteiger charge is 2.38. The summed E-state index contributed by atoms with van der Waals surface area (Å²) < 4.78 is 13.5. The summed E-state index contributed by atoms with van der Waals surface area (Å²) in [6.07, 6.45) is 3.86. The van der Waals surface area contributed by atoms with Crippen LogP contribution in [-0.4, -0.2) is 33.5 Å². The van der Waals surface area contributed by atoms with E-state index in [1.165, 1.54) is 0 Å². The van der Waals surface area contributed by atoms with Crippen LogP contribution in [0.4, 0.5) is 0 Å². The van der Waals surface area contributed by atoms with Crippen LogP contribution in [0.5, 0.6) is 0 Å².